The smallest absolute Gasteiger partial charge is 0.122 e. The van der Waals surface area contributed by atoms with Crippen molar-refractivity contribution in [2.45, 2.75) is 26.7 Å². The molecule has 3 N–H and O–H groups in total. The van der Waals surface area contributed by atoms with E-state index < -0.39 is 0 Å². The summed E-state index contributed by atoms with van der Waals surface area (Å²) in [4.78, 5) is 0. The Bertz CT molecular complexity index is 314. The zero-order chi connectivity index (χ0) is 12.0. The van der Waals surface area contributed by atoms with Gasteiger partial charge in [0.05, 0.1) is 7.11 Å². The van der Waals surface area contributed by atoms with E-state index in [1.807, 2.05) is 19.1 Å². The molecular formula is C11H19NO2S. The third-order valence-corrected chi connectivity index (χ3v) is 2.22. The zero-order valence-electron chi connectivity index (χ0n) is 9.61. The van der Waals surface area contributed by atoms with Gasteiger partial charge in [0.25, 0.3) is 0 Å². The quantitative estimate of drug-likeness (QED) is 0.415. The molecule has 4 heteroatoms. The fourth-order valence-corrected chi connectivity index (χ4v) is 1.45. The molecule has 0 heterocycles. The Balaban J connectivity index is 0.000000921. The summed E-state index contributed by atoms with van der Waals surface area (Å²) < 4.78 is 11.9. The van der Waals surface area contributed by atoms with Crippen molar-refractivity contribution in [2.75, 3.05) is 12.8 Å². The van der Waals surface area contributed by atoms with Crippen molar-refractivity contribution in [3.63, 3.8) is 0 Å². The molecule has 0 radical (unpaired) electrons. The lowest BCUT2D eigenvalue weighted by Gasteiger charge is -2.13. The Morgan fingerprint density at radius 3 is 2.27 bits per heavy atom. The molecule has 0 spiro atoms. The van der Waals surface area contributed by atoms with Gasteiger partial charge in [0.15, 0.2) is 0 Å². The van der Waals surface area contributed by atoms with Gasteiger partial charge in [0.1, 0.15) is 5.75 Å². The Labute approximate surface area is 96.9 Å². The highest BCUT2D eigenvalue weighted by molar-refractivity contribution is 7.74. The van der Waals surface area contributed by atoms with Gasteiger partial charge < -0.3 is 15.0 Å². The number of hydrogen-bond acceptors (Lipinski definition) is 4. The molecule has 0 aliphatic rings. The predicted molar refractivity (Wildman–Crippen MR) is 67.8 cm³/mol. The van der Waals surface area contributed by atoms with Crippen molar-refractivity contribution in [1.29, 1.82) is 0 Å². The molecule has 1 rings (SSSR count). The predicted octanol–water partition coefficient (Wildman–Crippen LogP) is 3.10. The molecular weight excluding hydrogens is 210 g/mol. The van der Waals surface area contributed by atoms with Gasteiger partial charge in [-0.2, -0.15) is 0 Å². The monoisotopic (exact) mass is 229 g/mol. The van der Waals surface area contributed by atoms with E-state index in [0.717, 1.165) is 22.6 Å². The van der Waals surface area contributed by atoms with Crippen LogP contribution in [0.5, 0.6) is 5.75 Å². The Kier molecular flexibility index (Phi) is 6.20. The molecule has 0 saturated heterocycles. The van der Waals surface area contributed by atoms with Crippen LogP contribution in [0.2, 0.25) is 0 Å². The largest absolute Gasteiger partial charge is 0.496 e. The molecule has 0 unspecified atom stereocenters. The van der Waals surface area contributed by atoms with Gasteiger partial charge in [0.2, 0.25) is 0 Å². The average molecular weight is 229 g/mol. The summed E-state index contributed by atoms with van der Waals surface area (Å²) in [5.41, 5.74) is 8.99. The number of nitrogen functional groups attached to an aromatic ring is 1. The highest BCUT2D eigenvalue weighted by Crippen LogP contribution is 2.29. The van der Waals surface area contributed by atoms with Crippen LogP contribution < -0.4 is 10.5 Å². The summed E-state index contributed by atoms with van der Waals surface area (Å²) in [5.74, 6) is 1.35. The van der Waals surface area contributed by atoms with Gasteiger partial charge in [-0.1, -0.05) is 13.8 Å². The van der Waals surface area contributed by atoms with Crippen LogP contribution >= 0.6 is 12.9 Å². The minimum Gasteiger partial charge on any atom is -0.496 e. The third kappa shape index (κ3) is 3.64. The second kappa shape index (κ2) is 6.58. The van der Waals surface area contributed by atoms with Gasteiger partial charge in [-0.15, -0.1) is 0 Å². The third-order valence-electron chi connectivity index (χ3n) is 2.22. The fourth-order valence-electron chi connectivity index (χ4n) is 1.45. The maximum absolute atomic E-state index is 6.69. The van der Waals surface area contributed by atoms with E-state index in [1.165, 1.54) is 0 Å². The molecule has 1 aromatic rings. The van der Waals surface area contributed by atoms with Gasteiger partial charge in [0, 0.05) is 5.69 Å². The SMILES string of the molecule is COc1cc(C(C)C)c(N)cc1C.OS. The van der Waals surface area contributed by atoms with Crippen LogP contribution in [-0.2, 0) is 0 Å². The molecule has 86 valence electrons. The number of ether oxygens (including phenoxy) is 1. The first-order chi connectivity index (χ1) is 7.06. The number of rotatable bonds is 2. The van der Waals surface area contributed by atoms with Gasteiger partial charge >= 0.3 is 0 Å². The second-order valence-electron chi connectivity index (χ2n) is 3.61. The lowest BCUT2D eigenvalue weighted by atomic mass is 9.99. The molecule has 0 aliphatic heterocycles. The van der Waals surface area contributed by atoms with Crippen molar-refractivity contribution in [2.24, 2.45) is 0 Å². The zero-order valence-corrected chi connectivity index (χ0v) is 10.5. The molecule has 3 nitrogen and oxygen atoms in total. The summed E-state index contributed by atoms with van der Waals surface area (Å²) in [7, 11) is 1.68. The Morgan fingerprint density at radius 2 is 1.87 bits per heavy atom. The van der Waals surface area contributed by atoms with E-state index in [4.69, 9.17) is 15.0 Å². The van der Waals surface area contributed by atoms with E-state index >= 15 is 0 Å². The van der Waals surface area contributed by atoms with Crippen molar-refractivity contribution in [3.05, 3.63) is 23.3 Å². The molecule has 15 heavy (non-hydrogen) atoms. The van der Waals surface area contributed by atoms with E-state index in [9.17, 15) is 0 Å². The van der Waals surface area contributed by atoms with Crippen LogP contribution in [0.4, 0.5) is 5.69 Å². The Hall–Kier alpha value is -0.870. The van der Waals surface area contributed by atoms with Gasteiger partial charge in [-0.25, -0.2) is 0 Å². The first-order valence-corrected chi connectivity index (χ1v) is 5.10. The minimum absolute atomic E-state index is 0.439. The lowest BCUT2D eigenvalue weighted by Crippen LogP contribution is -1.99. The highest BCUT2D eigenvalue weighted by Gasteiger charge is 2.08. The number of thiol groups is 1. The van der Waals surface area contributed by atoms with Crippen molar-refractivity contribution in [1.82, 2.24) is 0 Å². The van der Waals surface area contributed by atoms with Crippen LogP contribution in [0.3, 0.4) is 0 Å². The molecule has 0 aromatic heterocycles. The van der Waals surface area contributed by atoms with Gasteiger partial charge in [-0.3, -0.25) is 0 Å². The summed E-state index contributed by atoms with van der Waals surface area (Å²) in [5, 5.41) is 0. The summed E-state index contributed by atoms with van der Waals surface area (Å²) >= 11 is 2.53. The number of nitrogens with two attached hydrogens (primary N) is 1. The standard InChI is InChI=1S/C11H17NO.H2OS/c1-7(2)9-6-11(13-4)8(3)5-10(9)12;1-2/h5-7H,12H2,1-4H3;1-2H. The summed E-state index contributed by atoms with van der Waals surface area (Å²) in [6, 6.07) is 3.99. The molecule has 0 amide bonds. The average Bonchev–Trinajstić information content (AvgIpc) is 2.20. The molecule has 1 aromatic carbocycles. The number of aryl methyl sites for hydroxylation is 1. The van der Waals surface area contributed by atoms with E-state index in [-0.39, 0.29) is 0 Å². The normalized spacial score (nSPS) is 9.53. The van der Waals surface area contributed by atoms with Crippen LogP contribution in [0.1, 0.15) is 30.9 Å². The van der Waals surface area contributed by atoms with E-state index in [1.54, 1.807) is 7.11 Å². The highest BCUT2D eigenvalue weighted by atomic mass is 32.1. The molecule has 0 atom stereocenters. The number of hydrogen-bond donors (Lipinski definition) is 3. The topological polar surface area (TPSA) is 55.5 Å². The first-order valence-electron chi connectivity index (χ1n) is 4.70. The minimum atomic E-state index is 0.439. The first kappa shape index (κ1) is 14.1. The van der Waals surface area contributed by atoms with Crippen molar-refractivity contribution < 1.29 is 9.29 Å². The maximum Gasteiger partial charge on any atom is 0.122 e. The summed E-state index contributed by atoms with van der Waals surface area (Å²) in [6.45, 7) is 6.25. The van der Waals surface area contributed by atoms with Gasteiger partial charge in [-0.05, 0) is 49.0 Å². The van der Waals surface area contributed by atoms with Crippen LogP contribution in [0, 0.1) is 6.92 Å². The van der Waals surface area contributed by atoms with E-state index in [0.29, 0.717) is 5.92 Å². The fraction of sp³-hybridized carbons (Fsp3) is 0.455. The van der Waals surface area contributed by atoms with Crippen molar-refractivity contribution in [3.8, 4) is 5.75 Å². The lowest BCUT2D eigenvalue weighted by molar-refractivity contribution is 0.411. The van der Waals surface area contributed by atoms with Crippen molar-refractivity contribution >= 4 is 18.6 Å². The maximum atomic E-state index is 6.69. The molecule has 0 fully saturated rings. The van der Waals surface area contributed by atoms with Crippen LogP contribution in [-0.4, -0.2) is 11.7 Å². The molecule has 0 saturated carbocycles. The second-order valence-corrected chi connectivity index (χ2v) is 3.61. The molecule has 0 aliphatic carbocycles. The number of anilines is 1. The number of benzene rings is 1. The summed E-state index contributed by atoms with van der Waals surface area (Å²) in [6.07, 6.45) is 0. The number of methoxy groups -OCH3 is 1. The van der Waals surface area contributed by atoms with Crippen LogP contribution in [0.25, 0.3) is 0 Å². The Morgan fingerprint density at radius 1 is 1.33 bits per heavy atom. The van der Waals surface area contributed by atoms with Crippen LogP contribution in [0.15, 0.2) is 12.1 Å². The molecule has 0 bridgehead atoms. The van der Waals surface area contributed by atoms with E-state index in [2.05, 4.69) is 26.8 Å².